The minimum absolute atomic E-state index is 0.128. The summed E-state index contributed by atoms with van der Waals surface area (Å²) >= 11 is 8.21. The van der Waals surface area contributed by atoms with Gasteiger partial charge in [0, 0.05) is 15.5 Å². The summed E-state index contributed by atoms with van der Waals surface area (Å²) in [6.07, 6.45) is 1.91. The van der Waals surface area contributed by atoms with Gasteiger partial charge in [-0.2, -0.15) is 0 Å². The van der Waals surface area contributed by atoms with E-state index in [1.165, 1.54) is 0 Å². The topological polar surface area (TPSA) is 42.0 Å². The Labute approximate surface area is 124 Å². The molecular weight excluding hydrogens is 363 g/mol. The molecule has 1 N–H and O–H groups in total. The molecular formula is C13H10ClIN2O. The molecule has 0 saturated heterocycles. The third-order valence-electron chi connectivity index (χ3n) is 2.27. The Bertz CT molecular complexity index is 560. The van der Waals surface area contributed by atoms with E-state index in [9.17, 15) is 4.79 Å². The maximum Gasteiger partial charge on any atom is 0.230 e. The molecule has 2 rings (SSSR count). The fourth-order valence-electron chi connectivity index (χ4n) is 1.45. The molecule has 0 aliphatic heterocycles. The van der Waals surface area contributed by atoms with E-state index in [-0.39, 0.29) is 12.3 Å². The summed E-state index contributed by atoms with van der Waals surface area (Å²) in [5.41, 5.74) is 1.36. The van der Waals surface area contributed by atoms with E-state index in [1.54, 1.807) is 18.3 Å². The SMILES string of the molecule is O=C(Cc1ccccn1)Nc1ccc(I)cc1Cl. The molecule has 92 valence electrons. The Kier molecular flexibility index (Phi) is 4.54. The summed E-state index contributed by atoms with van der Waals surface area (Å²) in [4.78, 5) is 15.9. The summed E-state index contributed by atoms with van der Waals surface area (Å²) in [5.74, 6) is -0.128. The minimum atomic E-state index is -0.128. The van der Waals surface area contributed by atoms with Crippen LogP contribution in [-0.4, -0.2) is 10.9 Å². The first-order chi connectivity index (χ1) is 8.65. The quantitative estimate of drug-likeness (QED) is 0.838. The number of benzene rings is 1. The molecule has 1 heterocycles. The number of carbonyl (C=O) groups is 1. The van der Waals surface area contributed by atoms with Crippen LogP contribution in [0.5, 0.6) is 0 Å². The summed E-state index contributed by atoms with van der Waals surface area (Å²) in [5, 5.41) is 3.31. The molecule has 0 aliphatic rings. The zero-order valence-corrected chi connectivity index (χ0v) is 12.3. The summed E-state index contributed by atoms with van der Waals surface area (Å²) in [6.45, 7) is 0. The highest BCUT2D eigenvalue weighted by Crippen LogP contribution is 2.23. The molecule has 0 unspecified atom stereocenters. The van der Waals surface area contributed by atoms with Gasteiger partial charge < -0.3 is 5.32 Å². The number of halogens is 2. The van der Waals surface area contributed by atoms with Crippen LogP contribution in [0.1, 0.15) is 5.69 Å². The monoisotopic (exact) mass is 372 g/mol. The highest BCUT2D eigenvalue weighted by Gasteiger charge is 2.07. The van der Waals surface area contributed by atoms with Crippen molar-refractivity contribution < 1.29 is 4.79 Å². The largest absolute Gasteiger partial charge is 0.324 e. The van der Waals surface area contributed by atoms with Gasteiger partial charge in [0.1, 0.15) is 0 Å². The lowest BCUT2D eigenvalue weighted by atomic mass is 10.2. The number of aromatic nitrogens is 1. The first-order valence-corrected chi connectivity index (χ1v) is 6.75. The zero-order valence-electron chi connectivity index (χ0n) is 9.36. The highest BCUT2D eigenvalue weighted by molar-refractivity contribution is 14.1. The molecule has 1 amide bonds. The molecule has 1 aromatic heterocycles. The van der Waals surface area contributed by atoms with Gasteiger partial charge in [0.15, 0.2) is 0 Å². The molecule has 2 aromatic rings. The normalized spacial score (nSPS) is 10.1. The van der Waals surface area contributed by atoms with Gasteiger partial charge in [-0.1, -0.05) is 17.7 Å². The maximum atomic E-state index is 11.8. The first kappa shape index (κ1) is 13.3. The molecule has 1 aromatic carbocycles. The minimum Gasteiger partial charge on any atom is -0.324 e. The molecule has 0 radical (unpaired) electrons. The third-order valence-corrected chi connectivity index (χ3v) is 3.26. The van der Waals surface area contributed by atoms with E-state index in [1.807, 2.05) is 24.3 Å². The van der Waals surface area contributed by atoms with Crippen LogP contribution in [0.3, 0.4) is 0 Å². The Morgan fingerprint density at radius 1 is 1.33 bits per heavy atom. The predicted octanol–water partition coefficient (Wildman–Crippen LogP) is 3.52. The predicted molar refractivity (Wildman–Crippen MR) is 80.7 cm³/mol. The van der Waals surface area contributed by atoms with Gasteiger partial charge >= 0.3 is 0 Å². The van der Waals surface area contributed by atoms with Crippen LogP contribution in [-0.2, 0) is 11.2 Å². The lowest BCUT2D eigenvalue weighted by molar-refractivity contribution is -0.115. The van der Waals surface area contributed by atoms with Gasteiger partial charge in [0.2, 0.25) is 5.91 Å². The summed E-state index contributed by atoms with van der Waals surface area (Å²) in [6, 6.07) is 11.0. The van der Waals surface area contributed by atoms with Gasteiger partial charge in [0.25, 0.3) is 0 Å². The average Bonchev–Trinajstić information content (AvgIpc) is 2.34. The maximum absolute atomic E-state index is 11.8. The van der Waals surface area contributed by atoms with Crippen LogP contribution in [0.25, 0.3) is 0 Å². The van der Waals surface area contributed by atoms with E-state index in [0.29, 0.717) is 10.7 Å². The van der Waals surface area contributed by atoms with Crippen molar-refractivity contribution >= 4 is 45.8 Å². The lowest BCUT2D eigenvalue weighted by Crippen LogP contribution is -2.15. The molecule has 0 fully saturated rings. The molecule has 0 saturated carbocycles. The van der Waals surface area contributed by atoms with Crippen LogP contribution in [0.15, 0.2) is 42.6 Å². The molecule has 0 bridgehead atoms. The van der Waals surface area contributed by atoms with Crippen molar-refractivity contribution in [2.24, 2.45) is 0 Å². The Morgan fingerprint density at radius 3 is 2.83 bits per heavy atom. The van der Waals surface area contributed by atoms with Gasteiger partial charge in [-0.25, -0.2) is 0 Å². The second-order valence-corrected chi connectivity index (χ2v) is 5.32. The van der Waals surface area contributed by atoms with E-state index < -0.39 is 0 Å². The highest BCUT2D eigenvalue weighted by atomic mass is 127. The van der Waals surface area contributed by atoms with Crippen molar-refractivity contribution in [1.82, 2.24) is 4.98 Å². The number of pyridine rings is 1. The second kappa shape index (κ2) is 6.15. The Morgan fingerprint density at radius 2 is 2.17 bits per heavy atom. The van der Waals surface area contributed by atoms with Crippen LogP contribution >= 0.6 is 34.2 Å². The number of anilines is 1. The van der Waals surface area contributed by atoms with Crippen LogP contribution in [0.2, 0.25) is 5.02 Å². The van der Waals surface area contributed by atoms with E-state index in [2.05, 4.69) is 32.9 Å². The summed E-state index contributed by atoms with van der Waals surface area (Å²) in [7, 11) is 0. The Balaban J connectivity index is 2.03. The number of carbonyl (C=O) groups excluding carboxylic acids is 1. The van der Waals surface area contributed by atoms with Gasteiger partial charge in [-0.15, -0.1) is 0 Å². The standard InChI is InChI=1S/C13H10ClIN2O/c14-11-7-9(15)4-5-12(11)17-13(18)8-10-3-1-2-6-16-10/h1-7H,8H2,(H,17,18). The fourth-order valence-corrected chi connectivity index (χ4v) is 2.36. The van der Waals surface area contributed by atoms with Crippen LogP contribution in [0.4, 0.5) is 5.69 Å². The molecule has 0 atom stereocenters. The molecule has 0 spiro atoms. The lowest BCUT2D eigenvalue weighted by Gasteiger charge is -2.07. The zero-order chi connectivity index (χ0) is 13.0. The number of hydrogen-bond donors (Lipinski definition) is 1. The summed E-state index contributed by atoms with van der Waals surface area (Å²) < 4.78 is 1.03. The molecule has 3 nitrogen and oxygen atoms in total. The van der Waals surface area contributed by atoms with Gasteiger partial charge in [-0.05, 0) is 52.9 Å². The van der Waals surface area contributed by atoms with Gasteiger partial charge in [0.05, 0.1) is 17.1 Å². The number of nitrogens with one attached hydrogen (secondary N) is 1. The van der Waals surface area contributed by atoms with E-state index in [4.69, 9.17) is 11.6 Å². The van der Waals surface area contributed by atoms with Crippen molar-refractivity contribution in [3.63, 3.8) is 0 Å². The fraction of sp³-hybridized carbons (Fsp3) is 0.0769. The first-order valence-electron chi connectivity index (χ1n) is 5.30. The number of hydrogen-bond acceptors (Lipinski definition) is 2. The Hall–Kier alpha value is -1.14. The smallest absolute Gasteiger partial charge is 0.230 e. The van der Waals surface area contributed by atoms with E-state index >= 15 is 0 Å². The second-order valence-electron chi connectivity index (χ2n) is 3.67. The van der Waals surface area contributed by atoms with Crippen LogP contribution in [0, 0.1) is 3.57 Å². The molecule has 0 aliphatic carbocycles. The van der Waals surface area contributed by atoms with Crippen LogP contribution < -0.4 is 5.32 Å². The third kappa shape index (κ3) is 3.68. The van der Waals surface area contributed by atoms with E-state index in [0.717, 1.165) is 9.26 Å². The molecule has 18 heavy (non-hydrogen) atoms. The van der Waals surface area contributed by atoms with Crippen molar-refractivity contribution in [1.29, 1.82) is 0 Å². The number of rotatable bonds is 3. The van der Waals surface area contributed by atoms with Crippen molar-refractivity contribution in [2.45, 2.75) is 6.42 Å². The number of nitrogens with zero attached hydrogens (tertiary/aromatic N) is 1. The van der Waals surface area contributed by atoms with Crippen molar-refractivity contribution in [3.05, 3.63) is 56.9 Å². The van der Waals surface area contributed by atoms with Crippen molar-refractivity contribution in [2.75, 3.05) is 5.32 Å². The molecule has 5 heteroatoms. The number of amides is 1. The average molecular weight is 373 g/mol. The van der Waals surface area contributed by atoms with Gasteiger partial charge in [-0.3, -0.25) is 9.78 Å². The van der Waals surface area contributed by atoms with Crippen molar-refractivity contribution in [3.8, 4) is 0 Å².